The Hall–Kier alpha value is -3.35. The smallest absolute Gasteiger partial charge is 0.282 e. The van der Waals surface area contributed by atoms with Crippen molar-refractivity contribution in [2.45, 2.75) is 69.9 Å². The number of rotatable bonds is 8. The van der Waals surface area contributed by atoms with Crippen molar-refractivity contribution in [3.8, 4) is 0 Å². The molecule has 3 heterocycles. The highest BCUT2D eigenvalue weighted by Crippen LogP contribution is 2.66. The number of anilines is 3. The summed E-state index contributed by atoms with van der Waals surface area (Å²) in [5.74, 6) is 0.715. The Kier molecular flexibility index (Phi) is 5.36. The molecule has 4 aliphatic rings. The molecule has 10 nitrogen and oxygen atoms in total. The van der Waals surface area contributed by atoms with E-state index in [1.165, 1.54) is 34.9 Å². The van der Waals surface area contributed by atoms with Crippen LogP contribution < -0.4 is 16.0 Å². The maximum Gasteiger partial charge on any atom is 0.282 e. The largest absolute Gasteiger partial charge is 0.349 e. The van der Waals surface area contributed by atoms with Crippen LogP contribution in [0.15, 0.2) is 12.4 Å². The number of aryl methyl sites for hydroxylation is 2. The third-order valence-electron chi connectivity index (χ3n) is 8.36. The summed E-state index contributed by atoms with van der Waals surface area (Å²) in [7, 11) is 1.58. The van der Waals surface area contributed by atoms with Crippen molar-refractivity contribution in [2.75, 3.05) is 10.6 Å². The van der Waals surface area contributed by atoms with E-state index in [-0.39, 0.29) is 35.5 Å². The zero-order valence-electron chi connectivity index (χ0n) is 20.8. The lowest BCUT2D eigenvalue weighted by molar-refractivity contribution is -0.117. The molecule has 4 aliphatic carbocycles. The maximum atomic E-state index is 13.6. The molecular weight excluding hydrogens is 514 g/mol. The van der Waals surface area contributed by atoms with E-state index in [9.17, 15) is 18.4 Å². The van der Waals surface area contributed by atoms with Crippen molar-refractivity contribution in [3.05, 3.63) is 34.1 Å². The number of fused-ring (bicyclic) bond motifs is 1. The Labute approximate surface area is 221 Å². The topological polar surface area (TPSA) is 119 Å². The number of hydrogen-bond acceptors (Lipinski definition) is 7. The number of nitrogens with one attached hydrogen (secondary N) is 3. The minimum atomic E-state index is -2.67. The minimum absolute atomic E-state index is 0.0103. The highest BCUT2D eigenvalue weighted by atomic mass is 32.1. The molecule has 3 aromatic rings. The van der Waals surface area contributed by atoms with Gasteiger partial charge in [0, 0.05) is 36.0 Å². The standard InChI is InChI=1S/C25H28F2N8O2S/c1-34-18(9-15(33-34)20(26)27)30-24-32-28-11-35(24)13-4-5-16-14(8-13)19(22(37)29-17-10-25(17)6-7-25)23(38-16)31-21(36)12-2-3-12/h9,11-13,17,20H,2-8,10H2,1H3,(H,29,37)(H,30,32)(H,31,36)/t13-,17-/m0/s1. The fourth-order valence-electron chi connectivity index (χ4n) is 5.61. The molecule has 0 radical (unpaired) electrons. The number of carbonyl (C=O) groups excluding carboxylic acids is 2. The van der Waals surface area contributed by atoms with E-state index in [1.807, 2.05) is 4.57 Å². The first-order valence-corrected chi connectivity index (χ1v) is 13.9. The summed E-state index contributed by atoms with van der Waals surface area (Å²) >= 11 is 1.51. The molecule has 0 aromatic carbocycles. The summed E-state index contributed by atoms with van der Waals surface area (Å²) in [5, 5.41) is 22.1. The highest BCUT2D eigenvalue weighted by Gasteiger charge is 2.63. The van der Waals surface area contributed by atoms with Crippen molar-refractivity contribution < 1.29 is 18.4 Å². The lowest BCUT2D eigenvalue weighted by atomic mass is 9.91. The number of carbonyl (C=O) groups is 2. The molecule has 0 aliphatic heterocycles. The van der Waals surface area contributed by atoms with Gasteiger partial charge in [-0.2, -0.15) is 5.10 Å². The van der Waals surface area contributed by atoms with E-state index in [4.69, 9.17) is 0 Å². The predicted octanol–water partition coefficient (Wildman–Crippen LogP) is 4.12. The second kappa shape index (κ2) is 8.58. The molecule has 2 amide bonds. The molecule has 0 unspecified atom stereocenters. The number of halogens is 2. The van der Waals surface area contributed by atoms with E-state index in [1.54, 1.807) is 13.4 Å². The fraction of sp³-hybridized carbons (Fsp3) is 0.560. The Morgan fingerprint density at radius 3 is 2.74 bits per heavy atom. The molecule has 13 heteroatoms. The third kappa shape index (κ3) is 4.16. The average Bonchev–Trinajstić information content (AvgIpc) is 3.84. The Morgan fingerprint density at radius 1 is 1.24 bits per heavy atom. The van der Waals surface area contributed by atoms with Gasteiger partial charge in [0.2, 0.25) is 11.9 Å². The van der Waals surface area contributed by atoms with E-state index >= 15 is 0 Å². The average molecular weight is 543 g/mol. The first-order valence-electron chi connectivity index (χ1n) is 13.1. The first-order chi connectivity index (χ1) is 18.3. The van der Waals surface area contributed by atoms with Crippen LogP contribution in [0, 0.1) is 11.3 Å². The van der Waals surface area contributed by atoms with Crippen molar-refractivity contribution >= 4 is 39.9 Å². The lowest BCUT2D eigenvalue weighted by Gasteiger charge is -2.25. The van der Waals surface area contributed by atoms with Gasteiger partial charge in [0.1, 0.15) is 22.8 Å². The fourth-order valence-corrected chi connectivity index (χ4v) is 6.86. The van der Waals surface area contributed by atoms with Crippen LogP contribution in [-0.4, -0.2) is 42.4 Å². The monoisotopic (exact) mass is 542 g/mol. The SMILES string of the molecule is Cn1nc(C(F)F)cc1Nc1nncn1[C@H]1CCc2sc(NC(=O)C3CC3)c(C(=O)N[C@H]3CC34CC4)c2C1. The highest BCUT2D eigenvalue weighted by molar-refractivity contribution is 7.17. The molecule has 0 bridgehead atoms. The first kappa shape index (κ1) is 23.7. The number of amides is 2. The zero-order chi connectivity index (χ0) is 26.2. The number of alkyl halides is 2. The van der Waals surface area contributed by atoms with Crippen molar-refractivity contribution in [2.24, 2.45) is 18.4 Å². The molecule has 7 rings (SSSR count). The van der Waals surface area contributed by atoms with E-state index < -0.39 is 6.43 Å². The number of thiophene rings is 1. The zero-order valence-corrected chi connectivity index (χ0v) is 21.7. The van der Waals surface area contributed by atoms with E-state index in [2.05, 4.69) is 31.2 Å². The minimum Gasteiger partial charge on any atom is -0.349 e. The summed E-state index contributed by atoms with van der Waals surface area (Å²) in [4.78, 5) is 27.3. The Balaban J connectivity index is 1.16. The van der Waals surface area contributed by atoms with Gasteiger partial charge in [-0.05, 0) is 62.3 Å². The molecule has 3 N–H and O–H groups in total. The van der Waals surface area contributed by atoms with E-state index in [0.29, 0.717) is 34.2 Å². The van der Waals surface area contributed by atoms with Crippen molar-refractivity contribution in [3.63, 3.8) is 0 Å². The van der Waals surface area contributed by atoms with Crippen LogP contribution in [0.2, 0.25) is 0 Å². The van der Waals surface area contributed by atoms with Gasteiger partial charge in [0.05, 0.1) is 5.56 Å². The third-order valence-corrected chi connectivity index (χ3v) is 9.57. The number of aromatic nitrogens is 5. The van der Waals surface area contributed by atoms with Crippen LogP contribution in [0.4, 0.5) is 25.5 Å². The van der Waals surface area contributed by atoms with Gasteiger partial charge in [-0.25, -0.2) is 8.78 Å². The number of nitrogens with zero attached hydrogens (tertiary/aromatic N) is 5. The molecule has 3 saturated carbocycles. The summed E-state index contributed by atoms with van der Waals surface area (Å²) in [6.07, 6.45) is 6.22. The van der Waals surface area contributed by atoms with Gasteiger partial charge >= 0.3 is 0 Å². The molecule has 38 heavy (non-hydrogen) atoms. The van der Waals surface area contributed by atoms with Crippen molar-refractivity contribution in [1.82, 2.24) is 29.9 Å². The van der Waals surface area contributed by atoms with Gasteiger partial charge in [-0.15, -0.1) is 21.5 Å². The van der Waals surface area contributed by atoms with Gasteiger partial charge in [-0.1, -0.05) is 0 Å². The van der Waals surface area contributed by atoms with Crippen LogP contribution in [-0.2, 0) is 24.7 Å². The molecular formula is C25H28F2N8O2S. The van der Waals surface area contributed by atoms with Gasteiger partial charge in [0.15, 0.2) is 0 Å². The summed E-state index contributed by atoms with van der Waals surface area (Å²) in [5.41, 5.74) is 1.55. The summed E-state index contributed by atoms with van der Waals surface area (Å²) < 4.78 is 29.5. The summed E-state index contributed by atoms with van der Waals surface area (Å²) in [6.45, 7) is 0. The Morgan fingerprint density at radius 2 is 2.05 bits per heavy atom. The van der Waals surface area contributed by atoms with Gasteiger partial charge in [-0.3, -0.25) is 18.8 Å². The van der Waals surface area contributed by atoms with Gasteiger partial charge < -0.3 is 16.0 Å². The molecule has 2 atom stereocenters. The van der Waals surface area contributed by atoms with E-state index in [0.717, 1.165) is 42.5 Å². The molecule has 200 valence electrons. The van der Waals surface area contributed by atoms with Crippen LogP contribution in [0.3, 0.4) is 0 Å². The molecule has 1 spiro atoms. The Bertz CT molecular complexity index is 1440. The van der Waals surface area contributed by atoms with Crippen LogP contribution in [0.1, 0.15) is 77.5 Å². The van der Waals surface area contributed by atoms with Crippen molar-refractivity contribution in [1.29, 1.82) is 0 Å². The molecule has 3 aromatic heterocycles. The lowest BCUT2D eigenvalue weighted by Crippen LogP contribution is -2.30. The van der Waals surface area contributed by atoms with Crippen LogP contribution in [0.25, 0.3) is 0 Å². The molecule has 3 fully saturated rings. The van der Waals surface area contributed by atoms with Crippen LogP contribution >= 0.6 is 11.3 Å². The number of hydrogen-bond donors (Lipinski definition) is 3. The van der Waals surface area contributed by atoms with Crippen LogP contribution in [0.5, 0.6) is 0 Å². The second-order valence-corrected chi connectivity index (χ2v) is 12.1. The quantitative estimate of drug-likeness (QED) is 0.394. The summed E-state index contributed by atoms with van der Waals surface area (Å²) in [6, 6.07) is 1.47. The predicted molar refractivity (Wildman–Crippen MR) is 136 cm³/mol. The molecule has 0 saturated heterocycles. The maximum absolute atomic E-state index is 13.6. The van der Waals surface area contributed by atoms with Gasteiger partial charge in [0.25, 0.3) is 12.3 Å². The second-order valence-electron chi connectivity index (χ2n) is 11.0. The normalized spacial score (nSPS) is 22.8.